The summed E-state index contributed by atoms with van der Waals surface area (Å²) in [7, 11) is 0. The second-order valence-electron chi connectivity index (χ2n) is 7.70. The summed E-state index contributed by atoms with van der Waals surface area (Å²) in [4.78, 5) is 10.6. The van der Waals surface area contributed by atoms with Gasteiger partial charge in [-0.1, -0.05) is 56.9 Å². The fourth-order valence-corrected chi connectivity index (χ4v) is 2.77. The van der Waals surface area contributed by atoms with Crippen LogP contribution in [0.25, 0.3) is 0 Å². The lowest BCUT2D eigenvalue weighted by atomic mass is 9.97. The molecule has 0 radical (unpaired) electrons. The van der Waals surface area contributed by atoms with Crippen LogP contribution < -0.4 is 5.32 Å². The molecular weight excluding hydrogens is 322 g/mol. The number of nitrogens with zero attached hydrogens (tertiary/aromatic N) is 4. The molecule has 0 saturated heterocycles. The van der Waals surface area contributed by atoms with E-state index in [1.807, 2.05) is 6.07 Å². The van der Waals surface area contributed by atoms with E-state index in [1.54, 1.807) is 6.20 Å². The summed E-state index contributed by atoms with van der Waals surface area (Å²) in [6.45, 7) is 9.72. The molecule has 5 nitrogen and oxygen atoms in total. The summed E-state index contributed by atoms with van der Waals surface area (Å²) < 4.78 is 0. The van der Waals surface area contributed by atoms with Gasteiger partial charge < -0.3 is 5.32 Å². The predicted molar refractivity (Wildman–Crippen MR) is 102 cm³/mol. The number of anilines is 1. The van der Waals surface area contributed by atoms with Gasteiger partial charge in [-0.2, -0.15) is 5.26 Å². The highest BCUT2D eigenvalue weighted by Gasteiger charge is 2.17. The summed E-state index contributed by atoms with van der Waals surface area (Å²) >= 11 is 0. The molecule has 0 bridgehead atoms. The molecule has 0 amide bonds. The summed E-state index contributed by atoms with van der Waals surface area (Å²) in [5.74, 6) is 7.18. The number of fused-ring (bicyclic) bond motifs is 1. The molecule has 1 aromatic heterocycles. The minimum Gasteiger partial charge on any atom is -0.368 e. The van der Waals surface area contributed by atoms with Crippen molar-refractivity contribution in [2.75, 3.05) is 18.4 Å². The normalized spacial score (nSPS) is 13.5. The summed E-state index contributed by atoms with van der Waals surface area (Å²) in [5, 5.41) is 12.3. The first-order chi connectivity index (χ1) is 12.4. The van der Waals surface area contributed by atoms with Crippen LogP contribution in [0.4, 0.5) is 5.82 Å². The first-order valence-corrected chi connectivity index (χ1v) is 8.74. The van der Waals surface area contributed by atoms with Crippen molar-refractivity contribution in [3.8, 4) is 17.9 Å². The molecule has 0 spiro atoms. The lowest BCUT2D eigenvalue weighted by Gasteiger charge is -2.19. The number of nitriles is 1. The Kier molecular flexibility index (Phi) is 5.21. The predicted octanol–water partition coefficient (Wildman–Crippen LogP) is 3.17. The van der Waals surface area contributed by atoms with Gasteiger partial charge in [0.1, 0.15) is 11.9 Å². The topological polar surface area (TPSA) is 64.8 Å². The molecule has 26 heavy (non-hydrogen) atoms. The van der Waals surface area contributed by atoms with E-state index in [2.05, 4.69) is 77.1 Å². The molecule has 1 aliphatic heterocycles. The van der Waals surface area contributed by atoms with E-state index in [-0.39, 0.29) is 11.2 Å². The Morgan fingerprint density at radius 1 is 1.19 bits per heavy atom. The molecule has 3 rings (SSSR count). The van der Waals surface area contributed by atoms with Crippen LogP contribution in [-0.4, -0.2) is 28.0 Å². The van der Waals surface area contributed by atoms with E-state index in [0.717, 1.165) is 25.2 Å². The molecule has 5 heteroatoms. The fraction of sp³-hybridized carbons (Fsp3) is 0.381. The maximum atomic E-state index is 9.04. The lowest BCUT2D eigenvalue weighted by Crippen LogP contribution is -2.20. The molecule has 1 N–H and O–H groups in total. The number of hydrogen-bond donors (Lipinski definition) is 1. The van der Waals surface area contributed by atoms with Gasteiger partial charge in [0.05, 0.1) is 12.1 Å². The van der Waals surface area contributed by atoms with E-state index in [0.29, 0.717) is 12.4 Å². The molecular formula is C21H23N5. The zero-order chi connectivity index (χ0) is 18.6. The van der Waals surface area contributed by atoms with E-state index in [1.165, 1.54) is 11.1 Å². The highest BCUT2D eigenvalue weighted by Crippen LogP contribution is 2.21. The number of benzene rings is 1. The Morgan fingerprint density at radius 2 is 1.88 bits per heavy atom. The van der Waals surface area contributed by atoms with Crippen molar-refractivity contribution in [1.82, 2.24) is 14.9 Å². The van der Waals surface area contributed by atoms with Crippen molar-refractivity contribution >= 4 is 5.82 Å². The van der Waals surface area contributed by atoms with Crippen molar-refractivity contribution < 1.29 is 0 Å². The van der Waals surface area contributed by atoms with E-state index in [9.17, 15) is 0 Å². The van der Waals surface area contributed by atoms with E-state index >= 15 is 0 Å². The minimum absolute atomic E-state index is 0.101. The second kappa shape index (κ2) is 7.56. The van der Waals surface area contributed by atoms with Crippen molar-refractivity contribution in [2.24, 2.45) is 5.41 Å². The Balaban J connectivity index is 1.70. The Labute approximate surface area is 155 Å². The molecule has 0 unspecified atom stereocenters. The lowest BCUT2D eigenvalue weighted by molar-refractivity contribution is 0.322. The second-order valence-corrected chi connectivity index (χ2v) is 7.70. The van der Waals surface area contributed by atoms with Crippen LogP contribution in [0.3, 0.4) is 0 Å². The molecule has 0 saturated carbocycles. The van der Waals surface area contributed by atoms with Gasteiger partial charge in [0.2, 0.25) is 5.82 Å². The van der Waals surface area contributed by atoms with Crippen molar-refractivity contribution in [3.63, 3.8) is 0 Å². The van der Waals surface area contributed by atoms with E-state index in [4.69, 9.17) is 5.26 Å². The van der Waals surface area contributed by atoms with Gasteiger partial charge >= 0.3 is 0 Å². The molecule has 0 atom stereocenters. The SMILES string of the molecule is CC(C)(C)CNc1nc(C#N)ncc1C#CCN1Cc2ccccc2C1. The molecule has 2 aromatic rings. The summed E-state index contributed by atoms with van der Waals surface area (Å²) in [5.41, 5.74) is 3.58. The molecule has 1 aromatic carbocycles. The van der Waals surface area contributed by atoms with Crippen molar-refractivity contribution in [3.05, 3.63) is 53.0 Å². The number of nitrogens with one attached hydrogen (secondary N) is 1. The maximum Gasteiger partial charge on any atom is 0.234 e. The molecule has 0 aliphatic carbocycles. The van der Waals surface area contributed by atoms with Gasteiger partial charge in [0.25, 0.3) is 0 Å². The quantitative estimate of drug-likeness (QED) is 0.866. The first kappa shape index (κ1) is 17.9. The van der Waals surface area contributed by atoms with E-state index < -0.39 is 0 Å². The zero-order valence-corrected chi connectivity index (χ0v) is 15.5. The third-order valence-corrected chi connectivity index (χ3v) is 4.11. The largest absolute Gasteiger partial charge is 0.368 e. The standard InChI is InChI=1S/C21H23N5/c1-21(2,3)15-24-20-16(12-23-19(11-22)25-20)9-6-10-26-13-17-7-4-5-8-18(17)14-26/h4-5,7-8,12H,10,13-15H2,1-3H3,(H,23,24,25). The smallest absolute Gasteiger partial charge is 0.234 e. The van der Waals surface area contributed by atoms with Gasteiger partial charge in [0.15, 0.2) is 0 Å². The third kappa shape index (κ3) is 4.59. The van der Waals surface area contributed by atoms with Crippen LogP contribution in [-0.2, 0) is 13.1 Å². The minimum atomic E-state index is 0.101. The highest BCUT2D eigenvalue weighted by molar-refractivity contribution is 5.53. The average Bonchev–Trinajstić information content (AvgIpc) is 3.02. The zero-order valence-electron chi connectivity index (χ0n) is 15.5. The first-order valence-electron chi connectivity index (χ1n) is 8.74. The van der Waals surface area contributed by atoms with Gasteiger partial charge in [-0.25, -0.2) is 9.97 Å². The Bertz CT molecular complexity index is 868. The van der Waals surface area contributed by atoms with Gasteiger partial charge in [-0.15, -0.1) is 0 Å². The van der Waals surface area contributed by atoms with Crippen LogP contribution in [0.15, 0.2) is 30.5 Å². The summed E-state index contributed by atoms with van der Waals surface area (Å²) in [6.07, 6.45) is 1.63. The van der Waals surface area contributed by atoms with Crippen LogP contribution in [0.2, 0.25) is 0 Å². The van der Waals surface area contributed by atoms with Crippen LogP contribution in [0.1, 0.15) is 43.3 Å². The Hall–Kier alpha value is -2.89. The monoisotopic (exact) mass is 345 g/mol. The van der Waals surface area contributed by atoms with Crippen molar-refractivity contribution in [2.45, 2.75) is 33.9 Å². The summed E-state index contributed by atoms with van der Waals surface area (Å²) in [6, 6.07) is 10.5. The number of rotatable bonds is 3. The van der Waals surface area contributed by atoms with Gasteiger partial charge in [-0.05, 0) is 16.5 Å². The van der Waals surface area contributed by atoms with Crippen LogP contribution in [0, 0.1) is 28.6 Å². The molecule has 132 valence electrons. The van der Waals surface area contributed by atoms with Crippen molar-refractivity contribution in [1.29, 1.82) is 5.26 Å². The fourth-order valence-electron chi connectivity index (χ4n) is 2.77. The average molecular weight is 345 g/mol. The van der Waals surface area contributed by atoms with Crippen LogP contribution >= 0.6 is 0 Å². The molecule has 1 aliphatic rings. The number of aromatic nitrogens is 2. The Morgan fingerprint density at radius 3 is 2.50 bits per heavy atom. The van der Waals surface area contributed by atoms with Gasteiger partial charge in [0, 0.05) is 25.8 Å². The molecule has 0 fully saturated rings. The highest BCUT2D eigenvalue weighted by atomic mass is 15.1. The number of hydrogen-bond acceptors (Lipinski definition) is 5. The maximum absolute atomic E-state index is 9.04. The van der Waals surface area contributed by atoms with Crippen LogP contribution in [0.5, 0.6) is 0 Å². The third-order valence-electron chi connectivity index (χ3n) is 4.11. The molecule has 2 heterocycles. The van der Waals surface area contributed by atoms with Gasteiger partial charge in [-0.3, -0.25) is 4.90 Å².